The van der Waals surface area contributed by atoms with Gasteiger partial charge in [0, 0.05) is 6.42 Å². The minimum absolute atomic E-state index is 0.104. The summed E-state index contributed by atoms with van der Waals surface area (Å²) in [4.78, 5) is 13.3. The topological polar surface area (TPSA) is 66.4 Å². The van der Waals surface area contributed by atoms with Crippen LogP contribution in [0.1, 0.15) is 19.3 Å². The predicted molar refractivity (Wildman–Crippen MR) is 28.1 cm³/mol. The van der Waals surface area contributed by atoms with Crippen molar-refractivity contribution >= 4 is 5.97 Å². The Morgan fingerprint density at radius 2 is 2.11 bits per heavy atom. The third-order valence-corrected chi connectivity index (χ3v) is 0.868. The molecule has 53 valence electrons. The highest BCUT2D eigenvalue weighted by atomic mass is 17.1. The summed E-state index contributed by atoms with van der Waals surface area (Å²) in [6.07, 6.45) is 1.15. The van der Waals surface area contributed by atoms with Crippen LogP contribution < -0.4 is 0 Å². The molecule has 0 saturated heterocycles. The van der Waals surface area contributed by atoms with Gasteiger partial charge in [-0.2, -0.15) is 0 Å². The number of hydrogen-bond donors (Lipinski definition) is 1. The molecule has 1 N–H and O–H groups in total. The summed E-state index contributed by atoms with van der Waals surface area (Å²) in [6.45, 7) is 0.104. The van der Waals surface area contributed by atoms with Crippen molar-refractivity contribution in [3.05, 3.63) is 0 Å². The van der Waals surface area contributed by atoms with Crippen LogP contribution in [0.2, 0.25) is 0 Å². The highest BCUT2D eigenvalue weighted by Crippen LogP contribution is 1.94. The third kappa shape index (κ3) is 7.39. The van der Waals surface area contributed by atoms with E-state index in [1.807, 2.05) is 0 Å². The average Bonchev–Trinajstić information content (AvgIpc) is 1.80. The van der Waals surface area contributed by atoms with Gasteiger partial charge in [0.25, 0.3) is 0 Å². The SMILES string of the molecule is [O]OCCCCC(=O)O. The summed E-state index contributed by atoms with van der Waals surface area (Å²) in [7, 11) is 0. The van der Waals surface area contributed by atoms with Crippen LogP contribution in [0.25, 0.3) is 0 Å². The van der Waals surface area contributed by atoms with Gasteiger partial charge in [-0.15, -0.1) is 0 Å². The highest BCUT2D eigenvalue weighted by Gasteiger charge is 1.95. The lowest BCUT2D eigenvalue weighted by Gasteiger charge is -1.91. The zero-order valence-corrected chi connectivity index (χ0v) is 5.00. The average molecular weight is 133 g/mol. The van der Waals surface area contributed by atoms with Gasteiger partial charge in [-0.1, -0.05) is 0 Å². The van der Waals surface area contributed by atoms with Gasteiger partial charge in [0.15, 0.2) is 0 Å². The first kappa shape index (κ1) is 8.39. The predicted octanol–water partition coefficient (Wildman–Crippen LogP) is 0.603. The first-order valence-electron chi connectivity index (χ1n) is 2.74. The van der Waals surface area contributed by atoms with Crippen LogP contribution in [0, 0.1) is 0 Å². The Balaban J connectivity index is 2.83. The van der Waals surface area contributed by atoms with Crippen LogP contribution in [0.5, 0.6) is 0 Å². The molecule has 0 aliphatic carbocycles. The van der Waals surface area contributed by atoms with Gasteiger partial charge in [-0.25, -0.2) is 4.89 Å². The zero-order valence-electron chi connectivity index (χ0n) is 5.00. The molecule has 0 saturated carbocycles. The summed E-state index contributed by atoms with van der Waals surface area (Å²) in [5, 5.41) is 17.4. The number of aliphatic carboxylic acids is 1. The minimum atomic E-state index is -0.833. The lowest BCUT2D eigenvalue weighted by Crippen LogP contribution is -1.95. The Bertz CT molecular complexity index is 81.0. The number of hydrogen-bond acceptors (Lipinski definition) is 2. The molecule has 0 aromatic rings. The zero-order chi connectivity index (χ0) is 7.11. The first-order valence-corrected chi connectivity index (χ1v) is 2.74. The second-order valence-electron chi connectivity index (χ2n) is 1.67. The molecule has 0 aliphatic rings. The van der Waals surface area contributed by atoms with Gasteiger partial charge in [0.1, 0.15) is 0 Å². The number of carboxylic acid groups (broad SMARTS) is 1. The van der Waals surface area contributed by atoms with Gasteiger partial charge >= 0.3 is 5.97 Å². The van der Waals surface area contributed by atoms with Crippen molar-refractivity contribution in [3.8, 4) is 0 Å². The Kier molecular flexibility index (Phi) is 5.15. The molecular formula is C5H9O4. The molecule has 0 spiro atoms. The van der Waals surface area contributed by atoms with Crippen molar-refractivity contribution in [2.24, 2.45) is 0 Å². The normalized spacial score (nSPS) is 9.44. The van der Waals surface area contributed by atoms with E-state index in [0.717, 1.165) is 0 Å². The molecule has 0 aromatic heterocycles. The lowest BCUT2D eigenvalue weighted by molar-refractivity contribution is -0.303. The van der Waals surface area contributed by atoms with Gasteiger partial charge < -0.3 is 5.11 Å². The quantitative estimate of drug-likeness (QED) is 0.339. The van der Waals surface area contributed by atoms with E-state index >= 15 is 0 Å². The maximum atomic E-state index is 9.84. The van der Waals surface area contributed by atoms with E-state index < -0.39 is 5.97 Å². The van der Waals surface area contributed by atoms with Crippen LogP contribution in [0.4, 0.5) is 0 Å². The van der Waals surface area contributed by atoms with E-state index in [1.54, 1.807) is 0 Å². The molecule has 0 heterocycles. The van der Waals surface area contributed by atoms with Crippen LogP contribution in [-0.4, -0.2) is 17.7 Å². The Labute approximate surface area is 53.0 Å². The van der Waals surface area contributed by atoms with Crippen molar-refractivity contribution in [2.45, 2.75) is 19.3 Å². The van der Waals surface area contributed by atoms with Gasteiger partial charge in [0.2, 0.25) is 0 Å². The molecular weight excluding hydrogens is 124 g/mol. The number of unbranched alkanes of at least 4 members (excludes halogenated alkanes) is 1. The number of rotatable bonds is 5. The van der Waals surface area contributed by atoms with Crippen LogP contribution in [0.3, 0.4) is 0 Å². The van der Waals surface area contributed by atoms with E-state index in [2.05, 4.69) is 4.89 Å². The summed E-state index contributed by atoms with van der Waals surface area (Å²) >= 11 is 0. The third-order valence-electron chi connectivity index (χ3n) is 0.868. The van der Waals surface area contributed by atoms with Crippen LogP contribution in [0.15, 0.2) is 0 Å². The second-order valence-corrected chi connectivity index (χ2v) is 1.67. The van der Waals surface area contributed by atoms with E-state index in [9.17, 15) is 10.1 Å². The Morgan fingerprint density at radius 1 is 1.44 bits per heavy atom. The molecule has 0 amide bonds. The molecule has 0 unspecified atom stereocenters. The van der Waals surface area contributed by atoms with Crippen molar-refractivity contribution in [1.82, 2.24) is 0 Å². The lowest BCUT2D eigenvalue weighted by atomic mass is 10.2. The molecule has 9 heavy (non-hydrogen) atoms. The minimum Gasteiger partial charge on any atom is -0.481 e. The summed E-state index contributed by atoms with van der Waals surface area (Å²) < 4.78 is 0. The van der Waals surface area contributed by atoms with Crippen molar-refractivity contribution < 1.29 is 20.0 Å². The van der Waals surface area contributed by atoms with Crippen LogP contribution in [-0.2, 0) is 14.9 Å². The maximum absolute atomic E-state index is 9.84. The van der Waals surface area contributed by atoms with E-state index in [4.69, 9.17) is 5.11 Å². The molecule has 0 aliphatic heterocycles. The molecule has 0 rings (SSSR count). The second kappa shape index (κ2) is 5.53. The van der Waals surface area contributed by atoms with Crippen molar-refractivity contribution in [1.29, 1.82) is 0 Å². The monoisotopic (exact) mass is 133 g/mol. The largest absolute Gasteiger partial charge is 0.481 e. The first-order chi connectivity index (χ1) is 4.27. The fourth-order valence-electron chi connectivity index (χ4n) is 0.437. The molecule has 0 fully saturated rings. The fourth-order valence-corrected chi connectivity index (χ4v) is 0.437. The van der Waals surface area contributed by atoms with E-state index in [1.165, 1.54) is 0 Å². The number of carboxylic acids is 1. The molecule has 0 aromatic carbocycles. The Hall–Kier alpha value is -0.610. The summed E-state index contributed by atoms with van der Waals surface area (Å²) in [5.74, 6) is -0.833. The van der Waals surface area contributed by atoms with Crippen molar-refractivity contribution in [3.63, 3.8) is 0 Å². The number of carbonyl (C=O) groups is 1. The Morgan fingerprint density at radius 3 is 2.56 bits per heavy atom. The standard InChI is InChI=1S/C5H9O4/c6-5(7)3-1-2-4-9-8/h1-4H2,(H,6,7). The van der Waals surface area contributed by atoms with Crippen molar-refractivity contribution in [2.75, 3.05) is 6.61 Å². The van der Waals surface area contributed by atoms with Gasteiger partial charge in [-0.05, 0) is 18.1 Å². The van der Waals surface area contributed by atoms with Gasteiger partial charge in [-0.3, -0.25) is 4.79 Å². The van der Waals surface area contributed by atoms with Crippen LogP contribution >= 0.6 is 0 Å². The van der Waals surface area contributed by atoms with E-state index in [-0.39, 0.29) is 13.0 Å². The molecule has 4 heteroatoms. The highest BCUT2D eigenvalue weighted by molar-refractivity contribution is 5.66. The summed E-state index contributed by atoms with van der Waals surface area (Å²) in [6, 6.07) is 0. The molecule has 0 bridgehead atoms. The smallest absolute Gasteiger partial charge is 0.303 e. The molecule has 1 radical (unpaired) electrons. The summed E-state index contributed by atoms with van der Waals surface area (Å²) in [5.41, 5.74) is 0. The van der Waals surface area contributed by atoms with Gasteiger partial charge in [0.05, 0.1) is 6.61 Å². The fraction of sp³-hybridized carbons (Fsp3) is 0.800. The van der Waals surface area contributed by atoms with E-state index in [0.29, 0.717) is 12.8 Å². The molecule has 0 atom stereocenters. The molecule has 4 nitrogen and oxygen atoms in total. The maximum Gasteiger partial charge on any atom is 0.303 e.